The number of carbonyl (C=O) groups is 1. The third-order valence-corrected chi connectivity index (χ3v) is 4.91. The van der Waals surface area contributed by atoms with Crippen molar-refractivity contribution in [2.24, 2.45) is 0 Å². The van der Waals surface area contributed by atoms with Crippen LogP contribution in [-0.4, -0.2) is 45.6 Å². The van der Waals surface area contributed by atoms with Crippen LogP contribution < -0.4 is 10.1 Å². The van der Waals surface area contributed by atoms with Crippen molar-refractivity contribution in [2.45, 2.75) is 19.9 Å². The number of carbonyl (C=O) groups excluding carboxylic acids is 1. The molecule has 4 rings (SSSR count). The SMILES string of the molecule is CCOCCCn1c(NC(=O)c2ccn(-c3ccc(OC)cc3)n2)nc2ccccc21. The van der Waals surface area contributed by atoms with E-state index in [1.807, 2.05) is 60.0 Å². The van der Waals surface area contributed by atoms with E-state index in [2.05, 4.69) is 15.4 Å². The molecule has 0 fully saturated rings. The van der Waals surface area contributed by atoms with E-state index < -0.39 is 0 Å². The predicted molar refractivity (Wildman–Crippen MR) is 119 cm³/mol. The first kappa shape index (κ1) is 20.6. The minimum absolute atomic E-state index is 0.309. The summed E-state index contributed by atoms with van der Waals surface area (Å²) in [6, 6.07) is 17.0. The number of amides is 1. The second-order valence-electron chi connectivity index (χ2n) is 6.92. The molecule has 0 saturated heterocycles. The first-order valence-electron chi connectivity index (χ1n) is 10.2. The van der Waals surface area contributed by atoms with Gasteiger partial charge in [0.05, 0.1) is 23.8 Å². The Kier molecular flexibility index (Phi) is 6.28. The fourth-order valence-electron chi connectivity index (χ4n) is 3.36. The highest BCUT2D eigenvalue weighted by Crippen LogP contribution is 2.21. The first-order valence-corrected chi connectivity index (χ1v) is 10.2. The van der Waals surface area contributed by atoms with Crippen LogP contribution in [0.1, 0.15) is 23.8 Å². The summed E-state index contributed by atoms with van der Waals surface area (Å²) in [5.41, 5.74) is 2.95. The molecule has 0 aliphatic carbocycles. The number of methoxy groups -OCH3 is 1. The summed E-state index contributed by atoms with van der Waals surface area (Å²) >= 11 is 0. The Morgan fingerprint density at radius 3 is 2.68 bits per heavy atom. The molecule has 0 spiro atoms. The molecular weight excluding hydrogens is 394 g/mol. The average molecular weight is 419 g/mol. The van der Waals surface area contributed by atoms with Crippen molar-refractivity contribution in [2.75, 3.05) is 25.6 Å². The maximum absolute atomic E-state index is 12.9. The largest absolute Gasteiger partial charge is 0.497 e. The number of aryl methyl sites for hydroxylation is 1. The van der Waals surface area contributed by atoms with Gasteiger partial charge in [0.1, 0.15) is 5.75 Å². The second kappa shape index (κ2) is 9.44. The lowest BCUT2D eigenvalue weighted by Gasteiger charge is -2.09. The van der Waals surface area contributed by atoms with Gasteiger partial charge in [0.25, 0.3) is 5.91 Å². The molecule has 31 heavy (non-hydrogen) atoms. The van der Waals surface area contributed by atoms with E-state index in [-0.39, 0.29) is 5.91 Å². The Hall–Kier alpha value is -3.65. The van der Waals surface area contributed by atoms with Crippen LogP contribution in [0.5, 0.6) is 5.75 Å². The van der Waals surface area contributed by atoms with Crippen molar-refractivity contribution < 1.29 is 14.3 Å². The van der Waals surface area contributed by atoms with Crippen LogP contribution in [0.4, 0.5) is 5.95 Å². The number of aromatic nitrogens is 4. The Balaban J connectivity index is 1.53. The van der Waals surface area contributed by atoms with Crippen LogP contribution in [0.2, 0.25) is 0 Å². The summed E-state index contributed by atoms with van der Waals surface area (Å²) in [6.07, 6.45) is 2.57. The number of hydrogen-bond acceptors (Lipinski definition) is 5. The highest BCUT2D eigenvalue weighted by atomic mass is 16.5. The molecule has 2 aromatic heterocycles. The monoisotopic (exact) mass is 419 g/mol. The quantitative estimate of drug-likeness (QED) is 0.416. The molecule has 0 unspecified atom stereocenters. The summed E-state index contributed by atoms with van der Waals surface area (Å²) in [4.78, 5) is 17.5. The van der Waals surface area contributed by atoms with Gasteiger partial charge in [-0.15, -0.1) is 0 Å². The molecular formula is C23H25N5O3. The Labute approximate surface area is 180 Å². The summed E-state index contributed by atoms with van der Waals surface area (Å²) in [7, 11) is 1.62. The van der Waals surface area contributed by atoms with Crippen molar-refractivity contribution in [3.63, 3.8) is 0 Å². The number of para-hydroxylation sites is 2. The van der Waals surface area contributed by atoms with Gasteiger partial charge in [0.2, 0.25) is 5.95 Å². The van der Waals surface area contributed by atoms with E-state index in [4.69, 9.17) is 9.47 Å². The van der Waals surface area contributed by atoms with Gasteiger partial charge in [-0.25, -0.2) is 9.67 Å². The van der Waals surface area contributed by atoms with E-state index in [9.17, 15) is 4.79 Å². The number of imidazole rings is 1. The molecule has 4 aromatic rings. The van der Waals surface area contributed by atoms with Crippen molar-refractivity contribution >= 4 is 22.9 Å². The van der Waals surface area contributed by atoms with Gasteiger partial charge >= 0.3 is 0 Å². The molecule has 8 heteroatoms. The zero-order valence-electron chi connectivity index (χ0n) is 17.6. The normalized spacial score (nSPS) is 11.0. The number of hydrogen-bond donors (Lipinski definition) is 1. The molecule has 1 N–H and O–H groups in total. The minimum Gasteiger partial charge on any atom is -0.497 e. The van der Waals surface area contributed by atoms with Gasteiger partial charge in [0, 0.05) is 26.0 Å². The smallest absolute Gasteiger partial charge is 0.278 e. The molecule has 0 saturated carbocycles. The number of nitrogens with zero attached hydrogens (tertiary/aromatic N) is 4. The second-order valence-corrected chi connectivity index (χ2v) is 6.92. The van der Waals surface area contributed by atoms with Gasteiger partial charge in [-0.2, -0.15) is 5.10 Å². The Morgan fingerprint density at radius 2 is 1.90 bits per heavy atom. The number of rotatable bonds is 9. The van der Waals surface area contributed by atoms with Crippen LogP contribution in [-0.2, 0) is 11.3 Å². The lowest BCUT2D eigenvalue weighted by atomic mass is 10.3. The predicted octanol–water partition coefficient (Wildman–Crippen LogP) is 3.91. The van der Waals surface area contributed by atoms with Crippen LogP contribution in [0.15, 0.2) is 60.8 Å². The van der Waals surface area contributed by atoms with Crippen molar-refractivity contribution in [3.8, 4) is 11.4 Å². The van der Waals surface area contributed by atoms with E-state index >= 15 is 0 Å². The van der Waals surface area contributed by atoms with Gasteiger partial charge in [-0.05, 0) is 55.8 Å². The Morgan fingerprint density at radius 1 is 1.10 bits per heavy atom. The zero-order chi connectivity index (χ0) is 21.6. The number of ether oxygens (including phenoxy) is 2. The average Bonchev–Trinajstić information content (AvgIpc) is 3.42. The van der Waals surface area contributed by atoms with Crippen molar-refractivity contribution in [3.05, 3.63) is 66.5 Å². The lowest BCUT2D eigenvalue weighted by molar-refractivity contribution is 0.102. The molecule has 160 valence electrons. The van der Waals surface area contributed by atoms with Crippen LogP contribution >= 0.6 is 0 Å². The van der Waals surface area contributed by atoms with Gasteiger partial charge in [0.15, 0.2) is 5.69 Å². The van der Waals surface area contributed by atoms with E-state index in [0.717, 1.165) is 28.9 Å². The third kappa shape index (κ3) is 4.59. The molecule has 0 radical (unpaired) electrons. The van der Waals surface area contributed by atoms with Crippen LogP contribution in [0.3, 0.4) is 0 Å². The maximum Gasteiger partial charge on any atom is 0.278 e. The Bertz CT molecular complexity index is 1160. The van der Waals surface area contributed by atoms with Crippen molar-refractivity contribution in [1.29, 1.82) is 0 Å². The standard InChI is InChI=1S/C23H25N5O3/c1-3-31-16-6-14-27-21-8-5-4-7-19(21)24-23(27)25-22(29)20-13-15-28(26-20)17-9-11-18(30-2)12-10-17/h4-5,7-13,15H,3,6,14,16H2,1-2H3,(H,24,25,29). The fraction of sp³-hybridized carbons (Fsp3) is 0.261. The van der Waals surface area contributed by atoms with Crippen LogP contribution in [0.25, 0.3) is 16.7 Å². The molecule has 0 aliphatic rings. The molecule has 0 bridgehead atoms. The maximum atomic E-state index is 12.9. The molecule has 1 amide bonds. The molecule has 0 aliphatic heterocycles. The molecule has 0 atom stereocenters. The first-order chi connectivity index (χ1) is 15.2. The lowest BCUT2D eigenvalue weighted by Crippen LogP contribution is -2.17. The highest BCUT2D eigenvalue weighted by Gasteiger charge is 2.16. The summed E-state index contributed by atoms with van der Waals surface area (Å²) in [5.74, 6) is 0.951. The van der Waals surface area contributed by atoms with Gasteiger partial charge in [-0.1, -0.05) is 12.1 Å². The summed E-state index contributed by atoms with van der Waals surface area (Å²) < 4.78 is 14.3. The number of fused-ring (bicyclic) bond motifs is 1. The molecule has 2 aromatic carbocycles. The zero-order valence-corrected chi connectivity index (χ0v) is 17.6. The van der Waals surface area contributed by atoms with Crippen molar-refractivity contribution in [1.82, 2.24) is 19.3 Å². The topological polar surface area (TPSA) is 83.2 Å². The van der Waals surface area contributed by atoms with Crippen LogP contribution in [0, 0.1) is 0 Å². The van der Waals surface area contributed by atoms with E-state index in [1.165, 1.54) is 0 Å². The van der Waals surface area contributed by atoms with E-state index in [1.54, 1.807) is 24.1 Å². The number of anilines is 1. The van der Waals surface area contributed by atoms with E-state index in [0.29, 0.717) is 31.4 Å². The third-order valence-electron chi connectivity index (χ3n) is 4.91. The summed E-state index contributed by atoms with van der Waals surface area (Å²) in [5, 5.41) is 7.33. The number of nitrogens with one attached hydrogen (secondary N) is 1. The number of benzene rings is 2. The molecule has 2 heterocycles. The molecule has 8 nitrogen and oxygen atoms in total. The fourth-order valence-corrected chi connectivity index (χ4v) is 3.36. The highest BCUT2D eigenvalue weighted by molar-refractivity contribution is 6.02. The van der Waals surface area contributed by atoms with Gasteiger partial charge in [-0.3, -0.25) is 10.1 Å². The van der Waals surface area contributed by atoms with Gasteiger partial charge < -0.3 is 14.0 Å². The summed E-state index contributed by atoms with van der Waals surface area (Å²) in [6.45, 7) is 4.01. The minimum atomic E-state index is -0.311.